The minimum atomic E-state index is 0.417. The number of halogens is 1. The zero-order chi connectivity index (χ0) is 19.7. The minimum Gasteiger partial charge on any atom is -0.338 e. The van der Waals surface area contributed by atoms with Gasteiger partial charge < -0.3 is 10.6 Å². The molecule has 0 bridgehead atoms. The smallest absolute Gasteiger partial charge is 0.231 e. The van der Waals surface area contributed by atoms with E-state index in [2.05, 4.69) is 55.7 Å². The second kappa shape index (κ2) is 7.40. The summed E-state index contributed by atoms with van der Waals surface area (Å²) in [5.74, 6) is 1.01. The molecule has 6 nitrogen and oxygen atoms in total. The zero-order valence-corrected chi connectivity index (χ0v) is 16.5. The van der Waals surface area contributed by atoms with Crippen molar-refractivity contribution in [3.05, 3.63) is 70.5 Å². The third-order valence-electron chi connectivity index (χ3n) is 4.41. The molecule has 2 heterocycles. The van der Waals surface area contributed by atoms with E-state index in [4.69, 9.17) is 11.6 Å². The molecule has 140 valence electrons. The summed E-state index contributed by atoms with van der Waals surface area (Å²) in [6.07, 6.45) is 3.25. The minimum absolute atomic E-state index is 0.417. The molecule has 28 heavy (non-hydrogen) atoms. The summed E-state index contributed by atoms with van der Waals surface area (Å²) in [7, 11) is 0. The van der Waals surface area contributed by atoms with E-state index in [0.29, 0.717) is 28.0 Å². The number of nitrogens with one attached hydrogen (secondary N) is 2. The van der Waals surface area contributed by atoms with Crippen LogP contribution in [0.3, 0.4) is 0 Å². The molecule has 0 aliphatic carbocycles. The lowest BCUT2D eigenvalue weighted by molar-refractivity contribution is 1.14. The molecule has 7 heteroatoms. The van der Waals surface area contributed by atoms with Gasteiger partial charge in [0.15, 0.2) is 17.0 Å². The predicted molar refractivity (Wildman–Crippen MR) is 114 cm³/mol. The fraction of sp³-hybridized carbons (Fsp3) is 0.143. The van der Waals surface area contributed by atoms with Crippen molar-refractivity contribution in [3.63, 3.8) is 0 Å². The highest BCUT2D eigenvalue weighted by Crippen LogP contribution is 2.27. The second-order valence-electron chi connectivity index (χ2n) is 6.66. The Bertz CT molecular complexity index is 1170. The Morgan fingerprint density at radius 2 is 1.61 bits per heavy atom. The van der Waals surface area contributed by atoms with Gasteiger partial charge >= 0.3 is 0 Å². The standard InChI is InChI=1S/C21H19ClN6/c1-12-4-5-14(3)17(10-12)26-20-18-19(24-9-8-23-18)27-21(28-20)25-15-7-6-13(2)16(22)11-15/h4-11H,1-3H3,(H2,24,25,26,27,28). The highest BCUT2D eigenvalue weighted by molar-refractivity contribution is 6.31. The Hall–Kier alpha value is -3.25. The van der Waals surface area contributed by atoms with E-state index >= 15 is 0 Å². The molecule has 4 rings (SSSR count). The van der Waals surface area contributed by atoms with Crippen LogP contribution in [0.1, 0.15) is 16.7 Å². The fourth-order valence-corrected chi connectivity index (χ4v) is 2.99. The van der Waals surface area contributed by atoms with Crippen LogP contribution in [0, 0.1) is 20.8 Å². The molecule has 0 fully saturated rings. The van der Waals surface area contributed by atoms with Crippen LogP contribution in [0.25, 0.3) is 11.2 Å². The first-order chi connectivity index (χ1) is 13.5. The first-order valence-electron chi connectivity index (χ1n) is 8.86. The van der Waals surface area contributed by atoms with Crippen molar-refractivity contribution in [3.8, 4) is 0 Å². The van der Waals surface area contributed by atoms with Gasteiger partial charge in [-0.15, -0.1) is 0 Å². The maximum absolute atomic E-state index is 6.23. The zero-order valence-electron chi connectivity index (χ0n) is 15.8. The van der Waals surface area contributed by atoms with E-state index in [-0.39, 0.29) is 0 Å². The Balaban J connectivity index is 1.76. The van der Waals surface area contributed by atoms with Crippen LogP contribution in [-0.2, 0) is 0 Å². The molecule has 2 N–H and O–H groups in total. The summed E-state index contributed by atoms with van der Waals surface area (Å²) in [5, 5.41) is 7.26. The molecule has 0 atom stereocenters. The van der Waals surface area contributed by atoms with Gasteiger partial charge in [0, 0.05) is 28.8 Å². The Kier molecular flexibility index (Phi) is 4.79. The highest BCUT2D eigenvalue weighted by atomic mass is 35.5. The van der Waals surface area contributed by atoms with Crippen molar-refractivity contribution in [2.45, 2.75) is 20.8 Å². The lowest BCUT2D eigenvalue weighted by Crippen LogP contribution is -2.05. The summed E-state index contributed by atoms with van der Waals surface area (Å²) in [5.41, 5.74) is 6.16. The number of hydrogen-bond donors (Lipinski definition) is 2. The largest absolute Gasteiger partial charge is 0.338 e. The highest BCUT2D eigenvalue weighted by Gasteiger charge is 2.12. The molecule has 0 spiro atoms. The van der Waals surface area contributed by atoms with Crippen molar-refractivity contribution in [1.29, 1.82) is 0 Å². The molecule has 4 aromatic rings. The quantitative estimate of drug-likeness (QED) is 0.480. The van der Waals surface area contributed by atoms with Crippen LogP contribution in [0.5, 0.6) is 0 Å². The van der Waals surface area contributed by atoms with Crippen LogP contribution < -0.4 is 10.6 Å². The van der Waals surface area contributed by atoms with Crippen LogP contribution in [0.2, 0.25) is 5.02 Å². The first kappa shape index (κ1) is 18.1. The van der Waals surface area contributed by atoms with Crippen LogP contribution in [-0.4, -0.2) is 19.9 Å². The number of benzene rings is 2. The number of fused-ring (bicyclic) bond motifs is 1. The molecule has 0 aliphatic rings. The van der Waals surface area contributed by atoms with Gasteiger partial charge in [-0.3, -0.25) is 0 Å². The van der Waals surface area contributed by atoms with E-state index in [1.165, 1.54) is 0 Å². The number of hydrogen-bond acceptors (Lipinski definition) is 6. The third kappa shape index (κ3) is 3.73. The topological polar surface area (TPSA) is 75.6 Å². The van der Waals surface area contributed by atoms with Gasteiger partial charge in [0.25, 0.3) is 0 Å². The van der Waals surface area contributed by atoms with Gasteiger partial charge in [-0.25, -0.2) is 9.97 Å². The maximum Gasteiger partial charge on any atom is 0.231 e. The summed E-state index contributed by atoms with van der Waals surface area (Å²) in [4.78, 5) is 17.9. The van der Waals surface area contributed by atoms with E-state index in [1.54, 1.807) is 12.4 Å². The van der Waals surface area contributed by atoms with Crippen LogP contribution >= 0.6 is 11.6 Å². The molecule has 2 aromatic carbocycles. The van der Waals surface area contributed by atoms with Gasteiger partial charge in [-0.2, -0.15) is 9.97 Å². The van der Waals surface area contributed by atoms with Crippen molar-refractivity contribution >= 4 is 45.9 Å². The number of aromatic nitrogens is 4. The molecule has 0 saturated carbocycles. The van der Waals surface area contributed by atoms with E-state index in [0.717, 1.165) is 28.1 Å². The van der Waals surface area contributed by atoms with Crippen LogP contribution in [0.15, 0.2) is 48.8 Å². The van der Waals surface area contributed by atoms with Gasteiger partial charge in [-0.1, -0.05) is 29.8 Å². The molecule has 0 aliphatic heterocycles. The fourth-order valence-electron chi connectivity index (χ4n) is 2.80. The number of anilines is 4. The summed E-state index contributed by atoms with van der Waals surface area (Å²) < 4.78 is 0. The third-order valence-corrected chi connectivity index (χ3v) is 4.81. The lowest BCUT2D eigenvalue weighted by atomic mass is 10.1. The Labute approximate surface area is 168 Å². The predicted octanol–water partition coefficient (Wildman–Crippen LogP) is 5.49. The lowest BCUT2D eigenvalue weighted by Gasteiger charge is -2.13. The first-order valence-corrected chi connectivity index (χ1v) is 9.23. The van der Waals surface area contributed by atoms with Crippen molar-refractivity contribution in [2.75, 3.05) is 10.6 Å². The number of rotatable bonds is 4. The van der Waals surface area contributed by atoms with Crippen LogP contribution in [0.4, 0.5) is 23.1 Å². The van der Waals surface area contributed by atoms with Crippen molar-refractivity contribution in [1.82, 2.24) is 19.9 Å². The van der Waals surface area contributed by atoms with Gasteiger partial charge in [0.1, 0.15) is 0 Å². The normalized spacial score (nSPS) is 10.9. The van der Waals surface area contributed by atoms with Crippen molar-refractivity contribution < 1.29 is 0 Å². The number of aryl methyl sites for hydroxylation is 3. The van der Waals surface area contributed by atoms with Gasteiger partial charge in [0.05, 0.1) is 0 Å². The Morgan fingerprint density at radius 1 is 0.821 bits per heavy atom. The van der Waals surface area contributed by atoms with Crippen molar-refractivity contribution in [2.24, 2.45) is 0 Å². The second-order valence-corrected chi connectivity index (χ2v) is 7.06. The summed E-state index contributed by atoms with van der Waals surface area (Å²) >= 11 is 6.23. The molecule has 0 radical (unpaired) electrons. The average Bonchev–Trinajstić information content (AvgIpc) is 2.68. The summed E-state index contributed by atoms with van der Waals surface area (Å²) in [6, 6.07) is 11.9. The van der Waals surface area contributed by atoms with Gasteiger partial charge in [0.2, 0.25) is 5.95 Å². The molecular formula is C21H19ClN6. The molecule has 0 saturated heterocycles. The van der Waals surface area contributed by atoms with E-state index < -0.39 is 0 Å². The van der Waals surface area contributed by atoms with E-state index in [9.17, 15) is 0 Å². The molecule has 2 aromatic heterocycles. The average molecular weight is 391 g/mol. The monoisotopic (exact) mass is 390 g/mol. The SMILES string of the molecule is Cc1ccc(C)c(Nc2nc(Nc3ccc(C)c(Cl)c3)nc3nccnc23)c1. The van der Waals surface area contributed by atoms with E-state index in [1.807, 2.05) is 32.0 Å². The molecular weight excluding hydrogens is 372 g/mol. The van der Waals surface area contributed by atoms with Gasteiger partial charge in [-0.05, 0) is 55.7 Å². The molecule has 0 unspecified atom stereocenters. The molecule has 0 amide bonds. The summed E-state index contributed by atoms with van der Waals surface area (Å²) in [6.45, 7) is 6.06. The Morgan fingerprint density at radius 3 is 2.43 bits per heavy atom. The number of nitrogens with zero attached hydrogens (tertiary/aromatic N) is 4. The maximum atomic E-state index is 6.23.